The molecule has 158 valence electrons. The van der Waals surface area contributed by atoms with Gasteiger partial charge in [-0.3, -0.25) is 0 Å². The van der Waals surface area contributed by atoms with Crippen LogP contribution in [0, 0.1) is 17.8 Å². The van der Waals surface area contributed by atoms with Crippen molar-refractivity contribution in [3.63, 3.8) is 0 Å². The second-order valence-corrected chi connectivity index (χ2v) is 22.3. The summed E-state index contributed by atoms with van der Waals surface area (Å²) in [4.78, 5) is 26.6. The minimum atomic E-state index is -2.10. The van der Waals surface area contributed by atoms with E-state index in [1.807, 2.05) is 0 Å². The Morgan fingerprint density at radius 2 is 1.59 bits per heavy atom. The number of fused-ring (bicyclic) bond motifs is 4. The lowest BCUT2D eigenvalue weighted by Crippen LogP contribution is -2.57. The second-order valence-electron chi connectivity index (χ2n) is 11.6. The van der Waals surface area contributed by atoms with Crippen LogP contribution in [0.3, 0.4) is 0 Å². The summed E-state index contributed by atoms with van der Waals surface area (Å²) in [6.07, 6.45) is 5.71. The monoisotopic (exact) mass is 432 g/mol. The third-order valence-corrected chi connectivity index (χ3v) is 15.0. The molecule has 3 fully saturated rings. The van der Waals surface area contributed by atoms with Crippen LogP contribution in [0.25, 0.3) is 0 Å². The van der Waals surface area contributed by atoms with Crippen molar-refractivity contribution in [1.29, 1.82) is 0 Å². The van der Waals surface area contributed by atoms with Crippen LogP contribution in [-0.4, -0.2) is 53.5 Å². The number of hydrogen-bond acceptors (Lipinski definition) is 5. The predicted octanol–water partition coefficient (Wildman–Crippen LogP) is 3.77. The summed E-state index contributed by atoms with van der Waals surface area (Å²) in [5, 5.41) is -0.421. The number of esters is 2. The molecule has 1 heterocycles. The Labute approximate surface area is 174 Å². The first-order valence-electron chi connectivity index (χ1n) is 10.7. The van der Waals surface area contributed by atoms with Crippen LogP contribution in [0.4, 0.5) is 0 Å². The summed E-state index contributed by atoms with van der Waals surface area (Å²) in [6.45, 7) is 14.2. The molecule has 1 aliphatic heterocycles. The van der Waals surface area contributed by atoms with E-state index in [9.17, 15) is 9.59 Å². The van der Waals surface area contributed by atoms with Gasteiger partial charge in [-0.25, -0.2) is 9.59 Å². The van der Waals surface area contributed by atoms with E-state index in [4.69, 9.17) is 14.2 Å². The summed E-state index contributed by atoms with van der Waals surface area (Å²) >= 11 is 0. The molecule has 0 aromatic heterocycles. The molecule has 0 radical (unpaired) electrons. The molecule has 0 amide bonds. The molecule has 0 aromatic carbocycles. The molecule has 4 bridgehead atoms. The molecule has 0 N–H and O–H groups in total. The van der Waals surface area contributed by atoms with Gasteiger partial charge in [0.25, 0.3) is 0 Å². The van der Waals surface area contributed by atoms with E-state index in [2.05, 4.69) is 51.4 Å². The van der Waals surface area contributed by atoms with Crippen LogP contribution in [0.1, 0.15) is 6.42 Å². The number of carbonyl (C=O) groups is 2. The summed E-state index contributed by atoms with van der Waals surface area (Å²) in [7, 11) is -1.07. The van der Waals surface area contributed by atoms with Crippen molar-refractivity contribution in [3.8, 4) is 0 Å². The van der Waals surface area contributed by atoms with Gasteiger partial charge in [-0.1, -0.05) is 51.4 Å². The highest BCUT2D eigenvalue weighted by atomic mass is 28.3. The number of carbonyl (C=O) groups excluding carboxylic acids is 2. The lowest BCUT2D eigenvalue weighted by atomic mass is 9.70. The maximum Gasteiger partial charge on any atom is 0.334 e. The summed E-state index contributed by atoms with van der Waals surface area (Å²) in [5.74, 6) is -0.148. The maximum absolute atomic E-state index is 13.4. The van der Waals surface area contributed by atoms with Crippen molar-refractivity contribution in [2.24, 2.45) is 17.8 Å². The zero-order valence-electron chi connectivity index (χ0n) is 18.7. The Morgan fingerprint density at radius 1 is 1.00 bits per heavy atom. The van der Waals surface area contributed by atoms with Crippen molar-refractivity contribution in [1.82, 2.24) is 0 Å². The standard InChI is InChI=1S/C22H32O5Si2/c1-25-18(23)14-15-17(28(3,4)5)21(29(6,7)8,16(14)19(24)26-2)22-13-10-9-12(11-13)20(15,22)27-22/h9-10,12-13,15,17H,11H2,1-8H3/t12-,13-,15-,17+,20-,21-,22+/m0/s1. The first kappa shape index (κ1) is 19.8. The fourth-order valence-corrected chi connectivity index (χ4v) is 17.9. The fraction of sp³-hybridized carbons (Fsp3) is 0.727. The van der Waals surface area contributed by atoms with Crippen LogP contribution in [0.2, 0.25) is 49.9 Å². The number of methoxy groups -OCH3 is 2. The Kier molecular flexibility index (Phi) is 3.52. The van der Waals surface area contributed by atoms with Crippen molar-refractivity contribution >= 4 is 28.1 Å². The van der Waals surface area contributed by atoms with Crippen LogP contribution in [-0.2, 0) is 23.8 Å². The number of rotatable bonds is 4. The lowest BCUT2D eigenvalue weighted by molar-refractivity contribution is -0.140. The SMILES string of the molecule is COC(=O)C1=C(C(=O)OC)[C@]2([Si](C)(C)C)[C@H]([Si](C)(C)C)[C@H]1[C@]13O[C@]12[C@H]1C=C[C@H]3C1. The van der Waals surface area contributed by atoms with Gasteiger partial charge >= 0.3 is 11.9 Å². The molecule has 0 spiro atoms. The third kappa shape index (κ3) is 1.69. The number of hydrogen-bond donors (Lipinski definition) is 0. The molecule has 0 aromatic rings. The van der Waals surface area contributed by atoms with Gasteiger partial charge in [0.2, 0.25) is 0 Å². The summed E-state index contributed by atoms with van der Waals surface area (Å²) in [5.41, 5.74) is 0.781. The topological polar surface area (TPSA) is 65.1 Å². The Bertz CT molecular complexity index is 909. The molecule has 29 heavy (non-hydrogen) atoms. The molecular formula is C22H32O5Si2. The van der Waals surface area contributed by atoms with E-state index in [0.717, 1.165) is 6.42 Å². The van der Waals surface area contributed by atoms with Gasteiger partial charge in [-0.05, 0) is 12.0 Å². The Balaban J connectivity index is 1.92. The molecule has 7 heteroatoms. The maximum atomic E-state index is 13.4. The largest absolute Gasteiger partial charge is 0.466 e. The summed E-state index contributed by atoms with van der Waals surface area (Å²) < 4.78 is 17.5. The highest BCUT2D eigenvalue weighted by Gasteiger charge is 3.01. The van der Waals surface area contributed by atoms with Crippen LogP contribution >= 0.6 is 0 Å². The first-order chi connectivity index (χ1) is 13.4. The highest BCUT2D eigenvalue weighted by Crippen LogP contribution is 2.96. The van der Waals surface area contributed by atoms with Gasteiger partial charge < -0.3 is 14.2 Å². The molecule has 5 rings (SSSR count). The van der Waals surface area contributed by atoms with Crippen molar-refractivity contribution in [3.05, 3.63) is 23.3 Å². The Hall–Kier alpha value is -1.19. The second kappa shape index (κ2) is 5.17. The molecule has 7 atom stereocenters. The Morgan fingerprint density at radius 3 is 2.10 bits per heavy atom. The minimum absolute atomic E-state index is 0.0672. The molecule has 2 saturated carbocycles. The molecule has 4 aliphatic carbocycles. The number of ether oxygens (including phenoxy) is 3. The van der Waals surface area contributed by atoms with Gasteiger partial charge in [-0.15, -0.1) is 0 Å². The first-order valence-corrected chi connectivity index (χ1v) is 17.8. The van der Waals surface area contributed by atoms with Crippen molar-refractivity contribution in [2.45, 2.75) is 67.5 Å². The van der Waals surface area contributed by atoms with Gasteiger partial charge in [0.1, 0.15) is 11.2 Å². The predicted molar refractivity (Wildman–Crippen MR) is 115 cm³/mol. The van der Waals surface area contributed by atoms with E-state index in [1.54, 1.807) is 0 Å². The average molecular weight is 433 g/mol. The zero-order valence-corrected chi connectivity index (χ0v) is 20.7. The van der Waals surface area contributed by atoms with Gasteiger partial charge in [0.05, 0.1) is 33.4 Å². The van der Waals surface area contributed by atoms with E-state index in [0.29, 0.717) is 23.0 Å². The third-order valence-electron chi connectivity index (χ3n) is 8.76. The van der Waals surface area contributed by atoms with Crippen LogP contribution in [0.5, 0.6) is 0 Å². The van der Waals surface area contributed by atoms with E-state index < -0.39 is 21.2 Å². The average Bonchev–Trinajstić information content (AvgIpc) is 2.95. The van der Waals surface area contributed by atoms with Crippen molar-refractivity contribution in [2.75, 3.05) is 14.2 Å². The fourth-order valence-electron chi connectivity index (χ4n) is 8.56. The smallest absolute Gasteiger partial charge is 0.334 e. The molecule has 5 aliphatic rings. The quantitative estimate of drug-likeness (QED) is 0.293. The van der Waals surface area contributed by atoms with E-state index in [-0.39, 0.29) is 34.6 Å². The lowest BCUT2D eigenvalue weighted by Gasteiger charge is -2.53. The van der Waals surface area contributed by atoms with Crippen molar-refractivity contribution < 1.29 is 23.8 Å². The van der Waals surface area contributed by atoms with Gasteiger partial charge in [0.15, 0.2) is 0 Å². The molecule has 1 saturated heterocycles. The van der Waals surface area contributed by atoms with Gasteiger partial charge in [0, 0.05) is 30.9 Å². The van der Waals surface area contributed by atoms with E-state index in [1.165, 1.54) is 14.2 Å². The minimum Gasteiger partial charge on any atom is -0.466 e. The normalized spacial score (nSPS) is 46.1. The molecule has 5 nitrogen and oxygen atoms in total. The van der Waals surface area contributed by atoms with Crippen LogP contribution in [0.15, 0.2) is 23.3 Å². The van der Waals surface area contributed by atoms with Gasteiger partial charge in [-0.2, -0.15) is 0 Å². The van der Waals surface area contributed by atoms with E-state index >= 15 is 0 Å². The molecule has 0 unspecified atom stereocenters. The van der Waals surface area contributed by atoms with Crippen LogP contribution < -0.4 is 0 Å². The molecular weight excluding hydrogens is 400 g/mol. The summed E-state index contributed by atoms with van der Waals surface area (Å²) in [6, 6.07) is 0. The highest BCUT2D eigenvalue weighted by molar-refractivity contribution is 6.87. The zero-order chi connectivity index (χ0) is 21.4. The number of epoxide rings is 1.